The van der Waals surface area contributed by atoms with E-state index in [0.29, 0.717) is 22.0 Å². The van der Waals surface area contributed by atoms with Crippen molar-refractivity contribution in [2.75, 3.05) is 11.9 Å². The molecular formula is C23H20ClN3O5. The predicted octanol–water partition coefficient (Wildman–Crippen LogP) is 3.29. The minimum Gasteiger partial charge on any atom is -0.450 e. The summed E-state index contributed by atoms with van der Waals surface area (Å²) in [6.45, 7) is 2.55. The second-order valence-corrected chi connectivity index (χ2v) is 7.44. The van der Waals surface area contributed by atoms with Gasteiger partial charge in [0, 0.05) is 28.9 Å². The largest absolute Gasteiger partial charge is 0.450 e. The van der Waals surface area contributed by atoms with Gasteiger partial charge in [-0.2, -0.15) is 5.10 Å². The molecule has 0 atom stereocenters. The first-order valence-electron chi connectivity index (χ1n) is 9.59. The van der Waals surface area contributed by atoms with Crippen LogP contribution >= 0.6 is 11.6 Å². The zero-order chi connectivity index (χ0) is 23.4. The Bertz CT molecular complexity index is 1220. The summed E-state index contributed by atoms with van der Waals surface area (Å²) in [5.41, 5.74) is 1.85. The fourth-order valence-corrected chi connectivity index (χ4v) is 3.32. The number of halogens is 1. The average molecular weight is 454 g/mol. The first-order valence-corrected chi connectivity index (χ1v) is 9.97. The molecule has 1 N–H and O–H groups in total. The van der Waals surface area contributed by atoms with Gasteiger partial charge in [-0.15, -0.1) is 0 Å². The van der Waals surface area contributed by atoms with E-state index in [1.165, 1.54) is 22.9 Å². The highest BCUT2D eigenvalue weighted by molar-refractivity contribution is 6.41. The van der Waals surface area contributed by atoms with Crippen LogP contribution in [-0.2, 0) is 21.4 Å². The van der Waals surface area contributed by atoms with Gasteiger partial charge in [-0.05, 0) is 32.0 Å². The number of carbonyl (C=O) groups is 4. The van der Waals surface area contributed by atoms with Crippen molar-refractivity contribution in [3.63, 3.8) is 0 Å². The second-order valence-electron chi connectivity index (χ2n) is 7.01. The SMILES string of the molecule is Cc1nn(C)c(C)c1C(=O)C(=O)OCC(=O)Nc1ccc(Cl)cc1C(=O)c1ccccc1. The van der Waals surface area contributed by atoms with Crippen LogP contribution in [0.1, 0.15) is 37.7 Å². The van der Waals surface area contributed by atoms with E-state index in [4.69, 9.17) is 16.3 Å². The number of nitrogens with one attached hydrogen (secondary N) is 1. The Morgan fingerprint density at radius 1 is 1.06 bits per heavy atom. The molecule has 164 valence electrons. The van der Waals surface area contributed by atoms with Crippen LogP contribution in [0.25, 0.3) is 0 Å². The lowest BCUT2D eigenvalue weighted by atomic mass is 10.0. The fourth-order valence-electron chi connectivity index (χ4n) is 3.15. The summed E-state index contributed by atoms with van der Waals surface area (Å²) in [6, 6.07) is 12.9. The molecular weight excluding hydrogens is 434 g/mol. The maximum Gasteiger partial charge on any atom is 0.380 e. The number of nitrogens with zero attached hydrogens (tertiary/aromatic N) is 2. The van der Waals surface area contributed by atoms with Crippen LogP contribution in [0, 0.1) is 13.8 Å². The van der Waals surface area contributed by atoms with E-state index in [1.54, 1.807) is 51.2 Å². The molecule has 0 bridgehead atoms. The quantitative estimate of drug-likeness (QED) is 0.334. The maximum atomic E-state index is 12.8. The standard InChI is InChI=1S/C23H20ClN3O5/c1-13-20(14(2)27(3)26-13)22(30)23(31)32-12-19(28)25-18-10-9-16(24)11-17(18)21(29)15-7-5-4-6-8-15/h4-11H,12H2,1-3H3,(H,25,28). The number of esters is 1. The lowest BCUT2D eigenvalue weighted by Crippen LogP contribution is -2.26. The van der Waals surface area contributed by atoms with Crippen LogP contribution in [0.15, 0.2) is 48.5 Å². The van der Waals surface area contributed by atoms with Crippen molar-refractivity contribution >= 4 is 40.7 Å². The Morgan fingerprint density at radius 3 is 2.38 bits per heavy atom. The number of rotatable bonds is 7. The van der Waals surface area contributed by atoms with Crippen molar-refractivity contribution in [3.8, 4) is 0 Å². The smallest absolute Gasteiger partial charge is 0.380 e. The monoisotopic (exact) mass is 453 g/mol. The normalized spacial score (nSPS) is 10.5. The summed E-state index contributed by atoms with van der Waals surface area (Å²) >= 11 is 6.03. The van der Waals surface area contributed by atoms with E-state index in [9.17, 15) is 19.2 Å². The Kier molecular flexibility index (Phi) is 6.85. The van der Waals surface area contributed by atoms with Crippen molar-refractivity contribution in [3.05, 3.63) is 81.6 Å². The second kappa shape index (κ2) is 9.57. The van der Waals surface area contributed by atoms with Crippen LogP contribution < -0.4 is 5.32 Å². The molecule has 1 aromatic heterocycles. The first kappa shape index (κ1) is 22.9. The maximum absolute atomic E-state index is 12.8. The minimum absolute atomic E-state index is 0.145. The van der Waals surface area contributed by atoms with Crippen LogP contribution in [0.4, 0.5) is 5.69 Å². The number of benzene rings is 2. The number of ketones is 2. The van der Waals surface area contributed by atoms with E-state index < -0.39 is 24.3 Å². The number of amides is 1. The van der Waals surface area contributed by atoms with Crippen LogP contribution in [0.2, 0.25) is 5.02 Å². The lowest BCUT2D eigenvalue weighted by Gasteiger charge is -2.11. The van der Waals surface area contributed by atoms with E-state index in [0.717, 1.165) is 0 Å². The Hall–Kier alpha value is -3.78. The number of aryl methyl sites for hydroxylation is 2. The Balaban J connectivity index is 1.69. The molecule has 2 aromatic carbocycles. The molecule has 3 aromatic rings. The number of aromatic nitrogens is 2. The molecule has 0 saturated carbocycles. The summed E-state index contributed by atoms with van der Waals surface area (Å²) in [5.74, 6) is -3.10. The first-order chi connectivity index (χ1) is 15.2. The molecule has 0 fully saturated rings. The lowest BCUT2D eigenvalue weighted by molar-refractivity contribution is -0.142. The van der Waals surface area contributed by atoms with Crippen molar-refractivity contribution in [2.45, 2.75) is 13.8 Å². The summed E-state index contributed by atoms with van der Waals surface area (Å²) in [4.78, 5) is 49.7. The molecule has 1 amide bonds. The molecule has 32 heavy (non-hydrogen) atoms. The van der Waals surface area contributed by atoms with Crippen LogP contribution in [0.5, 0.6) is 0 Å². The molecule has 0 spiro atoms. The molecule has 0 aliphatic heterocycles. The van der Waals surface area contributed by atoms with Gasteiger partial charge in [0.2, 0.25) is 0 Å². The molecule has 0 aliphatic rings. The number of ether oxygens (including phenoxy) is 1. The third kappa shape index (κ3) is 4.92. The molecule has 0 radical (unpaired) electrons. The Morgan fingerprint density at radius 2 is 1.75 bits per heavy atom. The van der Waals surface area contributed by atoms with Gasteiger partial charge in [-0.1, -0.05) is 41.9 Å². The van der Waals surface area contributed by atoms with Crippen LogP contribution in [0.3, 0.4) is 0 Å². The van der Waals surface area contributed by atoms with E-state index >= 15 is 0 Å². The zero-order valence-corrected chi connectivity index (χ0v) is 18.4. The molecule has 0 aliphatic carbocycles. The van der Waals surface area contributed by atoms with Crippen molar-refractivity contribution in [2.24, 2.45) is 7.05 Å². The van der Waals surface area contributed by atoms with Crippen LogP contribution in [-0.4, -0.2) is 39.8 Å². The topological polar surface area (TPSA) is 107 Å². The van der Waals surface area contributed by atoms with Gasteiger partial charge in [0.25, 0.3) is 11.7 Å². The number of anilines is 1. The van der Waals surface area contributed by atoms with E-state index in [-0.39, 0.29) is 22.6 Å². The van der Waals surface area contributed by atoms with Crippen molar-refractivity contribution in [1.29, 1.82) is 0 Å². The van der Waals surface area contributed by atoms with Gasteiger partial charge < -0.3 is 10.1 Å². The molecule has 1 heterocycles. The van der Waals surface area contributed by atoms with Gasteiger partial charge in [-0.25, -0.2) is 4.79 Å². The van der Waals surface area contributed by atoms with E-state index in [1.807, 2.05) is 0 Å². The molecule has 3 rings (SSSR count). The molecule has 8 nitrogen and oxygen atoms in total. The van der Waals surface area contributed by atoms with Crippen molar-refractivity contribution in [1.82, 2.24) is 9.78 Å². The number of carbonyl (C=O) groups excluding carboxylic acids is 4. The Labute approximate surface area is 189 Å². The summed E-state index contributed by atoms with van der Waals surface area (Å²) in [7, 11) is 1.65. The van der Waals surface area contributed by atoms with Gasteiger partial charge in [0.05, 0.1) is 16.9 Å². The van der Waals surface area contributed by atoms with E-state index in [2.05, 4.69) is 10.4 Å². The molecule has 0 unspecified atom stereocenters. The molecule has 0 saturated heterocycles. The van der Waals surface area contributed by atoms with Gasteiger partial charge in [0.15, 0.2) is 12.4 Å². The third-order valence-corrected chi connectivity index (χ3v) is 5.03. The minimum atomic E-state index is -1.17. The highest BCUT2D eigenvalue weighted by atomic mass is 35.5. The summed E-state index contributed by atoms with van der Waals surface area (Å²) in [5, 5.41) is 6.94. The highest BCUT2D eigenvalue weighted by Gasteiger charge is 2.26. The highest BCUT2D eigenvalue weighted by Crippen LogP contribution is 2.24. The number of hydrogen-bond donors (Lipinski definition) is 1. The third-order valence-electron chi connectivity index (χ3n) is 4.79. The number of hydrogen-bond acceptors (Lipinski definition) is 6. The van der Waals surface area contributed by atoms with Gasteiger partial charge in [-0.3, -0.25) is 19.1 Å². The summed E-state index contributed by atoms with van der Waals surface area (Å²) in [6.07, 6.45) is 0. The number of Topliss-reactive ketones (excluding diaryl/α,β-unsaturated/α-hetero) is 1. The predicted molar refractivity (Wildman–Crippen MR) is 118 cm³/mol. The fraction of sp³-hybridized carbons (Fsp3) is 0.174. The summed E-state index contributed by atoms with van der Waals surface area (Å²) < 4.78 is 6.35. The van der Waals surface area contributed by atoms with Gasteiger partial charge in [0.1, 0.15) is 0 Å². The van der Waals surface area contributed by atoms with Gasteiger partial charge >= 0.3 is 5.97 Å². The molecule has 9 heteroatoms. The average Bonchev–Trinajstić information content (AvgIpc) is 3.04. The zero-order valence-electron chi connectivity index (χ0n) is 17.6. The van der Waals surface area contributed by atoms with Crippen molar-refractivity contribution < 1.29 is 23.9 Å².